The van der Waals surface area contributed by atoms with E-state index in [9.17, 15) is 4.79 Å². The third-order valence-corrected chi connectivity index (χ3v) is 5.49. The molecule has 1 aromatic carbocycles. The number of ether oxygens (including phenoxy) is 1. The average Bonchev–Trinajstić information content (AvgIpc) is 3.16. The Morgan fingerprint density at radius 1 is 1.17 bits per heavy atom. The van der Waals surface area contributed by atoms with Gasteiger partial charge in [0.05, 0.1) is 12.5 Å². The summed E-state index contributed by atoms with van der Waals surface area (Å²) in [5.41, 5.74) is 2.56. The van der Waals surface area contributed by atoms with Crippen molar-refractivity contribution in [1.82, 2.24) is 10.2 Å². The van der Waals surface area contributed by atoms with E-state index in [4.69, 9.17) is 4.74 Å². The van der Waals surface area contributed by atoms with Crippen LogP contribution in [0, 0.1) is 5.92 Å². The second kappa shape index (κ2) is 8.63. The predicted molar refractivity (Wildman–Crippen MR) is 95.6 cm³/mol. The first-order chi connectivity index (χ1) is 11.7. The van der Waals surface area contributed by atoms with Crippen LogP contribution in [0.2, 0.25) is 0 Å². The molecule has 4 nitrogen and oxygen atoms in total. The second-order valence-corrected chi connectivity index (χ2v) is 7.25. The van der Waals surface area contributed by atoms with Crippen molar-refractivity contribution in [3.05, 3.63) is 35.4 Å². The van der Waals surface area contributed by atoms with Crippen LogP contribution in [0.4, 0.5) is 0 Å². The SMILES string of the molecule is CN(Cc1ccccc1CNC(=O)[C@H]1CCOC1)C1CCCCC1. The summed E-state index contributed by atoms with van der Waals surface area (Å²) in [7, 11) is 2.24. The largest absolute Gasteiger partial charge is 0.381 e. The Hall–Kier alpha value is -1.39. The highest BCUT2D eigenvalue weighted by molar-refractivity contribution is 5.79. The molecule has 4 heteroatoms. The molecule has 1 heterocycles. The Labute approximate surface area is 145 Å². The van der Waals surface area contributed by atoms with Gasteiger partial charge < -0.3 is 10.1 Å². The summed E-state index contributed by atoms with van der Waals surface area (Å²) in [5.74, 6) is 0.157. The van der Waals surface area contributed by atoms with Crippen molar-refractivity contribution in [1.29, 1.82) is 0 Å². The quantitative estimate of drug-likeness (QED) is 0.871. The summed E-state index contributed by atoms with van der Waals surface area (Å²) in [6, 6.07) is 9.19. The maximum Gasteiger partial charge on any atom is 0.225 e. The van der Waals surface area contributed by atoms with Gasteiger partial charge in [0.2, 0.25) is 5.91 Å². The molecule has 0 bridgehead atoms. The summed E-state index contributed by atoms with van der Waals surface area (Å²) < 4.78 is 5.31. The number of amides is 1. The van der Waals surface area contributed by atoms with Crippen LogP contribution >= 0.6 is 0 Å². The lowest BCUT2D eigenvalue weighted by atomic mass is 9.94. The van der Waals surface area contributed by atoms with Crippen LogP contribution in [0.25, 0.3) is 0 Å². The third-order valence-electron chi connectivity index (χ3n) is 5.49. The highest BCUT2D eigenvalue weighted by Crippen LogP contribution is 2.23. The van der Waals surface area contributed by atoms with Crippen LogP contribution in [0.5, 0.6) is 0 Å². The Bertz CT molecular complexity index is 534. The lowest BCUT2D eigenvalue weighted by Gasteiger charge is -2.31. The average molecular weight is 330 g/mol. The van der Waals surface area contributed by atoms with E-state index in [1.165, 1.54) is 43.2 Å². The molecule has 0 aromatic heterocycles. The van der Waals surface area contributed by atoms with E-state index in [-0.39, 0.29) is 11.8 Å². The molecule has 1 saturated heterocycles. The number of carbonyl (C=O) groups is 1. The first kappa shape index (κ1) is 17.4. The first-order valence-electron chi connectivity index (χ1n) is 9.36. The summed E-state index contributed by atoms with van der Waals surface area (Å²) in [4.78, 5) is 14.7. The van der Waals surface area contributed by atoms with Crippen LogP contribution in [0.1, 0.15) is 49.7 Å². The van der Waals surface area contributed by atoms with Gasteiger partial charge in [-0.05, 0) is 37.4 Å². The molecule has 1 aromatic rings. The van der Waals surface area contributed by atoms with E-state index < -0.39 is 0 Å². The Morgan fingerprint density at radius 3 is 2.62 bits per heavy atom. The van der Waals surface area contributed by atoms with Crippen molar-refractivity contribution in [2.45, 2.75) is 57.7 Å². The Morgan fingerprint density at radius 2 is 1.92 bits per heavy atom. The number of benzene rings is 1. The van der Waals surface area contributed by atoms with Gasteiger partial charge in [0.1, 0.15) is 0 Å². The molecule has 1 atom stereocenters. The van der Waals surface area contributed by atoms with Gasteiger partial charge in [-0.25, -0.2) is 0 Å². The van der Waals surface area contributed by atoms with Crippen molar-refractivity contribution < 1.29 is 9.53 Å². The van der Waals surface area contributed by atoms with E-state index >= 15 is 0 Å². The minimum Gasteiger partial charge on any atom is -0.381 e. The minimum atomic E-state index is 0.0297. The van der Waals surface area contributed by atoms with Crippen LogP contribution in [-0.2, 0) is 22.6 Å². The molecule has 1 N–H and O–H groups in total. The van der Waals surface area contributed by atoms with Crippen molar-refractivity contribution in [2.24, 2.45) is 5.92 Å². The second-order valence-electron chi connectivity index (χ2n) is 7.25. The molecule has 2 aliphatic rings. The van der Waals surface area contributed by atoms with Gasteiger partial charge in [-0.2, -0.15) is 0 Å². The van der Waals surface area contributed by atoms with E-state index in [2.05, 4.69) is 41.5 Å². The molecule has 2 fully saturated rings. The maximum atomic E-state index is 12.2. The van der Waals surface area contributed by atoms with Gasteiger partial charge in [0.15, 0.2) is 0 Å². The number of carbonyl (C=O) groups excluding carboxylic acids is 1. The van der Waals surface area contributed by atoms with Crippen LogP contribution in [-0.4, -0.2) is 37.1 Å². The fourth-order valence-corrected chi connectivity index (χ4v) is 3.87. The van der Waals surface area contributed by atoms with Gasteiger partial charge in [0.25, 0.3) is 0 Å². The standard InChI is InChI=1S/C20H30N2O2/c1-22(19-9-3-2-4-10-19)14-17-8-6-5-7-16(17)13-21-20(23)18-11-12-24-15-18/h5-8,18-19H,2-4,9-15H2,1H3,(H,21,23)/t18-/m0/s1. The molecule has 1 aliphatic carbocycles. The molecule has 0 radical (unpaired) electrons. The fraction of sp³-hybridized carbons (Fsp3) is 0.650. The minimum absolute atomic E-state index is 0.0297. The normalized spacial score (nSPS) is 22.0. The van der Waals surface area contributed by atoms with E-state index in [0.29, 0.717) is 25.8 Å². The lowest BCUT2D eigenvalue weighted by molar-refractivity contribution is -0.125. The smallest absolute Gasteiger partial charge is 0.225 e. The Balaban J connectivity index is 1.56. The molecule has 132 valence electrons. The molecule has 3 rings (SSSR count). The van der Waals surface area contributed by atoms with Crippen molar-refractivity contribution >= 4 is 5.91 Å². The highest BCUT2D eigenvalue weighted by Gasteiger charge is 2.23. The molecule has 1 saturated carbocycles. The number of hydrogen-bond donors (Lipinski definition) is 1. The number of rotatable bonds is 6. The van der Waals surface area contributed by atoms with Gasteiger partial charge in [0, 0.05) is 25.7 Å². The topological polar surface area (TPSA) is 41.6 Å². The number of hydrogen-bond acceptors (Lipinski definition) is 3. The van der Waals surface area contributed by atoms with E-state index in [1.54, 1.807) is 0 Å². The monoisotopic (exact) mass is 330 g/mol. The summed E-state index contributed by atoms with van der Waals surface area (Å²) >= 11 is 0. The summed E-state index contributed by atoms with van der Waals surface area (Å²) in [5, 5.41) is 3.10. The number of nitrogens with zero attached hydrogens (tertiary/aromatic N) is 1. The third kappa shape index (κ3) is 4.58. The van der Waals surface area contributed by atoms with Gasteiger partial charge in [-0.3, -0.25) is 9.69 Å². The zero-order valence-corrected chi connectivity index (χ0v) is 14.8. The molecule has 0 unspecified atom stereocenters. The van der Waals surface area contributed by atoms with E-state index in [1.807, 2.05) is 0 Å². The maximum absolute atomic E-state index is 12.2. The lowest BCUT2D eigenvalue weighted by Crippen LogP contribution is -2.34. The van der Waals surface area contributed by atoms with Crippen molar-refractivity contribution in [3.8, 4) is 0 Å². The zero-order valence-electron chi connectivity index (χ0n) is 14.8. The van der Waals surface area contributed by atoms with Crippen LogP contribution < -0.4 is 5.32 Å². The van der Waals surface area contributed by atoms with Gasteiger partial charge in [-0.1, -0.05) is 43.5 Å². The molecular formula is C20H30N2O2. The fourth-order valence-electron chi connectivity index (χ4n) is 3.87. The molecule has 24 heavy (non-hydrogen) atoms. The Kier molecular flexibility index (Phi) is 6.27. The highest BCUT2D eigenvalue weighted by atomic mass is 16.5. The van der Waals surface area contributed by atoms with Gasteiger partial charge >= 0.3 is 0 Å². The van der Waals surface area contributed by atoms with Crippen molar-refractivity contribution in [3.63, 3.8) is 0 Å². The molecule has 1 aliphatic heterocycles. The van der Waals surface area contributed by atoms with Crippen LogP contribution in [0.15, 0.2) is 24.3 Å². The number of nitrogens with one attached hydrogen (secondary N) is 1. The summed E-state index contributed by atoms with van der Waals surface area (Å²) in [6.07, 6.45) is 7.58. The molecular weight excluding hydrogens is 300 g/mol. The predicted octanol–water partition coefficient (Wildman–Crippen LogP) is 3.10. The van der Waals surface area contributed by atoms with Crippen LogP contribution in [0.3, 0.4) is 0 Å². The molecule has 0 spiro atoms. The van der Waals surface area contributed by atoms with Crippen molar-refractivity contribution in [2.75, 3.05) is 20.3 Å². The summed E-state index contributed by atoms with van der Waals surface area (Å²) in [6.45, 7) is 2.85. The zero-order chi connectivity index (χ0) is 16.8. The molecule has 1 amide bonds. The van der Waals surface area contributed by atoms with Gasteiger partial charge in [-0.15, -0.1) is 0 Å². The van der Waals surface area contributed by atoms with E-state index in [0.717, 1.165) is 13.0 Å². The first-order valence-corrected chi connectivity index (χ1v) is 9.36.